The Labute approximate surface area is 207 Å². The normalized spacial score (nSPS) is 12.4. The van der Waals surface area contributed by atoms with E-state index in [1.54, 1.807) is 24.3 Å². The van der Waals surface area contributed by atoms with E-state index in [4.69, 9.17) is 11.6 Å². The van der Waals surface area contributed by atoms with Crippen molar-refractivity contribution in [1.82, 2.24) is 4.57 Å². The lowest BCUT2D eigenvalue weighted by molar-refractivity contribution is 0.0998. The van der Waals surface area contributed by atoms with Gasteiger partial charge in [-0.3, -0.25) is 9.52 Å². The zero-order valence-corrected chi connectivity index (χ0v) is 21.3. The number of carbonyl (C=O) groups is 1. The Morgan fingerprint density at radius 3 is 2.35 bits per heavy atom. The maximum absolute atomic E-state index is 12.9. The molecule has 6 nitrogen and oxygen atoms in total. The number of benzene rings is 3. The number of aromatic nitrogens is 1. The Kier molecular flexibility index (Phi) is 6.93. The average Bonchev–Trinajstić information content (AvgIpc) is 3.15. The second-order valence-corrected chi connectivity index (χ2v) is 11.2. The molecule has 0 spiro atoms. The molecule has 9 heteroatoms. The van der Waals surface area contributed by atoms with E-state index in [9.17, 15) is 13.2 Å². The third-order valence-corrected chi connectivity index (χ3v) is 8.09. The number of anilines is 1. The van der Waals surface area contributed by atoms with Crippen LogP contribution in [0.15, 0.2) is 76.6 Å². The van der Waals surface area contributed by atoms with Crippen molar-refractivity contribution in [2.24, 2.45) is 4.99 Å². The van der Waals surface area contributed by atoms with Gasteiger partial charge in [0.25, 0.3) is 15.9 Å². The summed E-state index contributed by atoms with van der Waals surface area (Å²) in [6.45, 7) is 7.01. The summed E-state index contributed by atoms with van der Waals surface area (Å²) in [5, 5.41) is 0.453. The maximum Gasteiger partial charge on any atom is 0.279 e. The molecule has 1 amide bonds. The second-order valence-electron chi connectivity index (χ2n) is 8.06. The lowest BCUT2D eigenvalue weighted by atomic mass is 10.0. The zero-order valence-electron chi connectivity index (χ0n) is 18.9. The smallest absolute Gasteiger partial charge is 0.279 e. The fourth-order valence-corrected chi connectivity index (χ4v) is 5.83. The van der Waals surface area contributed by atoms with Crippen molar-refractivity contribution in [3.8, 4) is 0 Å². The maximum atomic E-state index is 12.9. The van der Waals surface area contributed by atoms with Crippen LogP contribution in [-0.2, 0) is 16.6 Å². The number of rotatable bonds is 6. The zero-order chi connectivity index (χ0) is 24.5. The fourth-order valence-electron chi connectivity index (χ4n) is 3.50. The predicted octanol–water partition coefficient (Wildman–Crippen LogP) is 6.04. The van der Waals surface area contributed by atoms with Crippen LogP contribution in [0.1, 0.15) is 42.6 Å². The van der Waals surface area contributed by atoms with Gasteiger partial charge in [-0.1, -0.05) is 42.9 Å². The molecule has 34 heavy (non-hydrogen) atoms. The Morgan fingerprint density at radius 1 is 1.06 bits per heavy atom. The quantitative estimate of drug-likeness (QED) is 0.341. The highest BCUT2D eigenvalue weighted by Crippen LogP contribution is 2.24. The molecule has 0 aliphatic heterocycles. The molecule has 0 bridgehead atoms. The Balaban J connectivity index is 1.59. The Morgan fingerprint density at radius 2 is 1.74 bits per heavy atom. The van der Waals surface area contributed by atoms with Gasteiger partial charge in [0.15, 0.2) is 4.80 Å². The minimum atomic E-state index is -3.76. The van der Waals surface area contributed by atoms with Crippen LogP contribution in [0.25, 0.3) is 10.2 Å². The van der Waals surface area contributed by atoms with Gasteiger partial charge in [-0.15, -0.1) is 0 Å². The molecule has 0 aliphatic rings. The molecule has 0 aliphatic carbocycles. The van der Waals surface area contributed by atoms with Crippen LogP contribution in [0, 0.1) is 0 Å². The Bertz CT molecular complexity index is 1520. The molecule has 0 fully saturated rings. The number of hydrogen-bond acceptors (Lipinski definition) is 4. The fraction of sp³-hybridized carbons (Fsp3) is 0.200. The standard InChI is InChI=1S/C25H24ClN3O3S2/c1-4-29-22-14-7-18(16(2)3)15-23(22)33-25(29)27-24(30)17-5-10-20(11-6-17)28-34(31,32)21-12-8-19(26)9-13-21/h5-16,28H,4H2,1-3H3. The summed E-state index contributed by atoms with van der Waals surface area (Å²) in [6.07, 6.45) is 0. The first kappa shape index (κ1) is 24.2. The lowest BCUT2D eigenvalue weighted by Gasteiger charge is -2.08. The number of amides is 1. The molecule has 176 valence electrons. The van der Waals surface area contributed by atoms with Crippen LogP contribution in [-0.4, -0.2) is 18.9 Å². The number of carbonyl (C=O) groups excluding carboxylic acids is 1. The van der Waals surface area contributed by atoms with E-state index >= 15 is 0 Å². The molecule has 0 atom stereocenters. The SMILES string of the molecule is CCn1c(=NC(=O)c2ccc(NS(=O)(=O)c3ccc(Cl)cc3)cc2)sc2cc(C(C)C)ccc21. The summed E-state index contributed by atoms with van der Waals surface area (Å²) in [6, 6.07) is 18.4. The number of halogens is 1. The van der Waals surface area contributed by atoms with Crippen LogP contribution >= 0.6 is 22.9 Å². The first-order valence-electron chi connectivity index (χ1n) is 10.8. The summed E-state index contributed by atoms with van der Waals surface area (Å²) in [7, 11) is -3.76. The molecule has 0 radical (unpaired) electrons. The predicted molar refractivity (Wildman–Crippen MR) is 138 cm³/mol. The number of sulfonamides is 1. The molecule has 0 saturated heterocycles. The minimum absolute atomic E-state index is 0.0987. The van der Waals surface area contributed by atoms with Crippen molar-refractivity contribution in [3.63, 3.8) is 0 Å². The van der Waals surface area contributed by atoms with Gasteiger partial charge in [0.2, 0.25) is 0 Å². The van der Waals surface area contributed by atoms with E-state index in [1.807, 2.05) is 11.5 Å². The molecule has 0 unspecified atom stereocenters. The molecule has 4 rings (SSSR count). The molecule has 3 aromatic carbocycles. The van der Waals surface area contributed by atoms with Crippen LogP contribution in [0.5, 0.6) is 0 Å². The number of nitrogens with one attached hydrogen (secondary N) is 1. The third kappa shape index (κ3) is 5.09. The lowest BCUT2D eigenvalue weighted by Crippen LogP contribution is -2.16. The van der Waals surface area contributed by atoms with Crippen LogP contribution in [0.3, 0.4) is 0 Å². The number of thiazole rings is 1. The van der Waals surface area contributed by atoms with Crippen molar-refractivity contribution in [3.05, 3.63) is 87.7 Å². The highest BCUT2D eigenvalue weighted by Gasteiger charge is 2.15. The Hall–Kier alpha value is -2.94. The molecule has 1 aromatic heterocycles. The van der Waals surface area contributed by atoms with E-state index in [1.165, 1.54) is 41.2 Å². The van der Waals surface area contributed by atoms with Crippen molar-refractivity contribution in [2.75, 3.05) is 4.72 Å². The van der Waals surface area contributed by atoms with Crippen LogP contribution < -0.4 is 9.52 Å². The largest absolute Gasteiger partial charge is 0.317 e. The monoisotopic (exact) mass is 513 g/mol. The van der Waals surface area contributed by atoms with Crippen molar-refractivity contribution in [1.29, 1.82) is 0 Å². The van der Waals surface area contributed by atoms with Gasteiger partial charge in [-0.05, 0) is 79.1 Å². The molecular formula is C25H24ClN3O3S2. The van der Waals surface area contributed by atoms with Crippen LogP contribution in [0.4, 0.5) is 5.69 Å². The van der Waals surface area contributed by atoms with Gasteiger partial charge in [0, 0.05) is 22.8 Å². The third-order valence-electron chi connectivity index (χ3n) is 5.39. The molecule has 1 N–H and O–H groups in total. The number of fused-ring (bicyclic) bond motifs is 1. The summed E-state index contributed by atoms with van der Waals surface area (Å²) >= 11 is 7.32. The van der Waals surface area contributed by atoms with E-state index in [2.05, 4.69) is 41.8 Å². The van der Waals surface area contributed by atoms with Crippen molar-refractivity contribution >= 4 is 54.8 Å². The summed E-state index contributed by atoms with van der Waals surface area (Å²) in [4.78, 5) is 18.0. The number of hydrogen-bond donors (Lipinski definition) is 1. The van der Waals surface area contributed by atoms with Gasteiger partial charge < -0.3 is 4.57 Å². The van der Waals surface area contributed by atoms with Gasteiger partial charge in [-0.25, -0.2) is 8.42 Å². The van der Waals surface area contributed by atoms with E-state index < -0.39 is 10.0 Å². The molecule has 1 heterocycles. The van der Waals surface area contributed by atoms with Crippen molar-refractivity contribution in [2.45, 2.75) is 38.1 Å². The number of aryl methyl sites for hydroxylation is 1. The van der Waals surface area contributed by atoms with Gasteiger partial charge in [0.05, 0.1) is 15.1 Å². The highest BCUT2D eigenvalue weighted by atomic mass is 35.5. The highest BCUT2D eigenvalue weighted by molar-refractivity contribution is 7.92. The van der Waals surface area contributed by atoms with Crippen LogP contribution in [0.2, 0.25) is 5.02 Å². The minimum Gasteiger partial charge on any atom is -0.317 e. The van der Waals surface area contributed by atoms with Gasteiger partial charge in [0.1, 0.15) is 0 Å². The van der Waals surface area contributed by atoms with Crippen molar-refractivity contribution < 1.29 is 13.2 Å². The van der Waals surface area contributed by atoms with E-state index in [0.717, 1.165) is 10.2 Å². The molecule has 0 saturated carbocycles. The van der Waals surface area contributed by atoms with E-state index in [0.29, 0.717) is 33.5 Å². The second kappa shape index (κ2) is 9.74. The topological polar surface area (TPSA) is 80.5 Å². The molecular weight excluding hydrogens is 490 g/mol. The van der Waals surface area contributed by atoms with Gasteiger partial charge >= 0.3 is 0 Å². The number of nitrogens with zero attached hydrogens (tertiary/aromatic N) is 2. The van der Waals surface area contributed by atoms with E-state index in [-0.39, 0.29) is 10.8 Å². The summed E-state index contributed by atoms with van der Waals surface area (Å²) in [5.41, 5.74) is 3.01. The first-order chi connectivity index (χ1) is 16.2. The summed E-state index contributed by atoms with van der Waals surface area (Å²) < 4.78 is 30.7. The molecule has 4 aromatic rings. The first-order valence-corrected chi connectivity index (χ1v) is 13.5. The summed E-state index contributed by atoms with van der Waals surface area (Å²) in [5.74, 6) is 0.0316. The van der Waals surface area contributed by atoms with Gasteiger partial charge in [-0.2, -0.15) is 4.99 Å². The average molecular weight is 514 g/mol.